The molecule has 0 spiro atoms. The second-order valence-electron chi connectivity index (χ2n) is 12.8. The van der Waals surface area contributed by atoms with Gasteiger partial charge in [0.25, 0.3) is 11.8 Å². The number of benzene rings is 4. The van der Waals surface area contributed by atoms with Gasteiger partial charge in [-0.2, -0.15) is 0 Å². The van der Waals surface area contributed by atoms with Crippen LogP contribution >= 0.6 is 0 Å². The molecule has 14 heteroatoms. The third-order valence-corrected chi connectivity index (χ3v) is 9.39. The quantitative estimate of drug-likeness (QED) is 0.115. The largest absolute Gasteiger partial charge is 0.390 e. The van der Waals surface area contributed by atoms with E-state index in [0.717, 1.165) is 23.3 Å². The van der Waals surface area contributed by atoms with E-state index in [-0.39, 0.29) is 24.0 Å². The maximum absolute atomic E-state index is 14.6. The number of nitrogens with one attached hydrogen (secondary N) is 2. The first-order valence-corrected chi connectivity index (χ1v) is 16.5. The van der Waals surface area contributed by atoms with Gasteiger partial charge < -0.3 is 40.5 Å². The van der Waals surface area contributed by atoms with Crippen LogP contribution in [0.4, 0.5) is 17.6 Å². The zero-order valence-electron chi connectivity index (χ0n) is 27.5. The summed E-state index contributed by atoms with van der Waals surface area (Å²) in [5, 5.41) is 49.8. The highest BCUT2D eigenvalue weighted by molar-refractivity contribution is 5.84. The van der Waals surface area contributed by atoms with Crippen molar-refractivity contribution in [1.29, 1.82) is 0 Å². The van der Waals surface area contributed by atoms with Crippen molar-refractivity contribution in [3.05, 3.63) is 142 Å². The Morgan fingerprint density at radius 1 is 0.615 bits per heavy atom. The van der Waals surface area contributed by atoms with E-state index in [2.05, 4.69) is 10.6 Å². The van der Waals surface area contributed by atoms with Crippen molar-refractivity contribution in [3.63, 3.8) is 0 Å². The Kier molecular flexibility index (Phi) is 11.3. The lowest BCUT2D eigenvalue weighted by Gasteiger charge is -2.32. The molecule has 0 saturated carbocycles. The summed E-state index contributed by atoms with van der Waals surface area (Å²) in [7, 11) is 0. The Labute approximate surface area is 295 Å². The lowest BCUT2D eigenvalue weighted by atomic mass is 9.99. The van der Waals surface area contributed by atoms with Gasteiger partial charge in [-0.15, -0.1) is 0 Å². The van der Waals surface area contributed by atoms with Crippen molar-refractivity contribution in [2.75, 3.05) is 0 Å². The topological polar surface area (TPSA) is 158 Å². The number of carbonyl (C=O) groups excluding carboxylic acids is 2. The van der Waals surface area contributed by atoms with Crippen molar-refractivity contribution in [2.45, 2.75) is 74.8 Å². The van der Waals surface area contributed by atoms with E-state index >= 15 is 0 Å². The van der Waals surface area contributed by atoms with Gasteiger partial charge in [0.1, 0.15) is 12.2 Å². The number of fused-ring (bicyclic) bond motifs is 2. The first-order valence-electron chi connectivity index (χ1n) is 16.5. The van der Waals surface area contributed by atoms with Crippen LogP contribution in [-0.4, -0.2) is 68.9 Å². The van der Waals surface area contributed by atoms with Crippen LogP contribution in [0.2, 0.25) is 0 Å². The number of aliphatic hydroxyl groups excluding tert-OH is 4. The summed E-state index contributed by atoms with van der Waals surface area (Å²) in [5.41, 5.74) is 1.94. The van der Waals surface area contributed by atoms with Crippen LogP contribution in [0.1, 0.15) is 45.5 Å². The molecule has 0 heterocycles. The van der Waals surface area contributed by atoms with Gasteiger partial charge in [0.2, 0.25) is 0 Å². The minimum Gasteiger partial charge on any atom is -0.390 e. The zero-order valence-corrected chi connectivity index (χ0v) is 27.5. The van der Waals surface area contributed by atoms with E-state index in [9.17, 15) is 47.6 Å². The van der Waals surface area contributed by atoms with Gasteiger partial charge in [-0.3, -0.25) is 9.59 Å². The highest BCUT2D eigenvalue weighted by Gasteiger charge is 2.44. The highest BCUT2D eigenvalue weighted by atomic mass is 19.2. The Bertz CT molecular complexity index is 1790. The summed E-state index contributed by atoms with van der Waals surface area (Å²) in [6.07, 6.45) is -10.7. The van der Waals surface area contributed by atoms with Crippen LogP contribution in [0.5, 0.6) is 0 Å². The summed E-state index contributed by atoms with van der Waals surface area (Å²) in [6.45, 7) is -1.57. The summed E-state index contributed by atoms with van der Waals surface area (Å²) in [6, 6.07) is 18.2. The van der Waals surface area contributed by atoms with Crippen molar-refractivity contribution in [3.8, 4) is 0 Å². The molecule has 6 rings (SSSR count). The van der Waals surface area contributed by atoms with Crippen LogP contribution < -0.4 is 10.6 Å². The first kappa shape index (κ1) is 37.1. The number of amides is 2. The number of halogens is 4. The molecule has 4 aromatic rings. The Hall–Kier alpha value is -4.70. The third kappa shape index (κ3) is 7.72. The van der Waals surface area contributed by atoms with Crippen molar-refractivity contribution < 1.29 is 57.1 Å². The van der Waals surface area contributed by atoms with Crippen LogP contribution in [0.3, 0.4) is 0 Å². The molecule has 6 N–H and O–H groups in total. The monoisotopic (exact) mass is 724 g/mol. The lowest BCUT2D eigenvalue weighted by Crippen LogP contribution is -2.57. The molecule has 52 heavy (non-hydrogen) atoms. The number of carbonyl (C=O) groups is 2. The van der Waals surface area contributed by atoms with Crippen LogP contribution in [-0.2, 0) is 45.1 Å². The average Bonchev–Trinajstić information content (AvgIpc) is 3.62. The lowest BCUT2D eigenvalue weighted by molar-refractivity contribution is -0.171. The maximum atomic E-state index is 14.6. The number of aliphatic hydroxyl groups is 4. The van der Waals surface area contributed by atoms with Crippen molar-refractivity contribution in [1.82, 2.24) is 10.6 Å². The summed E-state index contributed by atoms with van der Waals surface area (Å²) >= 11 is 0. The zero-order chi connectivity index (χ0) is 37.1. The van der Waals surface area contributed by atoms with Gasteiger partial charge in [-0.1, -0.05) is 72.8 Å². The predicted molar refractivity (Wildman–Crippen MR) is 176 cm³/mol. The van der Waals surface area contributed by atoms with Gasteiger partial charge in [0.05, 0.1) is 37.5 Å². The highest BCUT2D eigenvalue weighted by Crippen LogP contribution is 2.33. The fourth-order valence-electron chi connectivity index (χ4n) is 6.66. The van der Waals surface area contributed by atoms with E-state index in [1.807, 2.05) is 0 Å². The molecule has 2 aliphatic rings. The molecule has 0 aromatic heterocycles. The Balaban J connectivity index is 1.29. The minimum absolute atomic E-state index is 0.190. The molecule has 1 unspecified atom stereocenters. The minimum atomic E-state index is -2.33. The Morgan fingerprint density at radius 2 is 1.00 bits per heavy atom. The molecule has 2 amide bonds. The van der Waals surface area contributed by atoms with Crippen LogP contribution in [0.15, 0.2) is 84.9 Å². The van der Waals surface area contributed by atoms with Gasteiger partial charge in [0, 0.05) is 24.0 Å². The molecule has 8 atom stereocenters. The second-order valence-corrected chi connectivity index (χ2v) is 12.8. The molecular weight excluding hydrogens is 688 g/mol. The SMILES string of the molecule is O=C(NC1c2ccccc2C[C@H]1O)[C@H](OCc1cccc(F)c1F)[C@H](O)[C@@H](O)[C@@H](OCc1cccc(F)c1F)C(=O)N[C@H]1c2ccccc2C[C@H]1O. The molecule has 0 saturated heterocycles. The van der Waals surface area contributed by atoms with E-state index in [0.29, 0.717) is 11.1 Å². The summed E-state index contributed by atoms with van der Waals surface area (Å²) in [5.74, 6) is -7.19. The second kappa shape index (κ2) is 15.9. The van der Waals surface area contributed by atoms with E-state index < -0.39 is 97.0 Å². The third-order valence-electron chi connectivity index (χ3n) is 9.39. The molecule has 0 radical (unpaired) electrons. The van der Waals surface area contributed by atoms with E-state index in [1.54, 1.807) is 48.5 Å². The molecule has 274 valence electrons. The van der Waals surface area contributed by atoms with Gasteiger partial charge >= 0.3 is 0 Å². The maximum Gasteiger partial charge on any atom is 0.252 e. The van der Waals surface area contributed by atoms with Gasteiger partial charge in [-0.25, -0.2) is 17.6 Å². The molecule has 0 fully saturated rings. The average molecular weight is 725 g/mol. The molecule has 4 aromatic carbocycles. The molecule has 0 bridgehead atoms. The first-order chi connectivity index (χ1) is 24.9. The smallest absolute Gasteiger partial charge is 0.252 e. The predicted octanol–water partition coefficient (Wildman–Crippen LogP) is 2.98. The molecule has 2 aliphatic carbocycles. The number of rotatable bonds is 13. The van der Waals surface area contributed by atoms with Gasteiger partial charge in [0.15, 0.2) is 35.5 Å². The van der Waals surface area contributed by atoms with E-state index in [1.165, 1.54) is 24.3 Å². The number of ether oxygens (including phenoxy) is 2. The number of hydrogen-bond acceptors (Lipinski definition) is 8. The van der Waals surface area contributed by atoms with Crippen molar-refractivity contribution >= 4 is 11.8 Å². The van der Waals surface area contributed by atoms with Crippen LogP contribution in [0, 0.1) is 23.3 Å². The fraction of sp³-hybridized carbons (Fsp3) is 0.316. The number of hydrogen-bond donors (Lipinski definition) is 6. The standard InChI is InChI=1S/C38H36F4N2O8/c39-25-13-5-9-21(29(25)41)17-51-35(37(49)43-31-23-11-3-1-7-19(23)15-27(31)45)33(47)34(48)36(52-18-22-10-6-14-26(40)30(22)42)38(50)44-32-24-12-4-2-8-20(24)16-28(32)46/h1-14,27-28,31-36,45-48H,15-18H2,(H,43,49)(H,44,50)/t27-,28-,31+,32?,33-,34-,35-,36-/m1/s1. The van der Waals surface area contributed by atoms with Gasteiger partial charge in [-0.05, 0) is 34.4 Å². The summed E-state index contributed by atoms with van der Waals surface area (Å²) < 4.78 is 68.4. The Morgan fingerprint density at radius 3 is 1.40 bits per heavy atom. The van der Waals surface area contributed by atoms with E-state index in [4.69, 9.17) is 9.47 Å². The van der Waals surface area contributed by atoms with Crippen LogP contribution in [0.25, 0.3) is 0 Å². The van der Waals surface area contributed by atoms with Crippen molar-refractivity contribution in [2.24, 2.45) is 0 Å². The molecule has 10 nitrogen and oxygen atoms in total. The fourth-order valence-corrected chi connectivity index (χ4v) is 6.66. The molecule has 0 aliphatic heterocycles. The normalized spacial score (nSPS) is 21.5. The summed E-state index contributed by atoms with van der Waals surface area (Å²) in [4.78, 5) is 27.7. The molecular formula is C38H36F4N2O8.